The first kappa shape index (κ1) is 21.1. The van der Waals surface area contributed by atoms with Crippen LogP contribution in [0.3, 0.4) is 0 Å². The standard InChI is InChI=1S/C22H32NO3.HI/c1-23-14-12-17(13-15-23)20(16-23)26-21(24)22(25,18-8-4-2-5-9-18)19-10-6-3-7-11-19;/h2,4-5,8-9,17,19-20,25H,3,6-7,10-16H2,1H3;1H/q+1;/p-1/t17?,20-,22-,23?;/m0./s1/i1-1;. The van der Waals surface area contributed by atoms with E-state index in [2.05, 4.69) is 7.05 Å². The Kier molecular flexibility index (Phi) is 6.53. The van der Waals surface area contributed by atoms with Crippen molar-refractivity contribution in [2.24, 2.45) is 11.8 Å². The van der Waals surface area contributed by atoms with Gasteiger partial charge in [-0.15, -0.1) is 0 Å². The molecular formula is C22H32INO3. The number of carbonyl (C=O) groups is 1. The van der Waals surface area contributed by atoms with Gasteiger partial charge in [-0.1, -0.05) is 49.6 Å². The molecule has 2 atom stereocenters. The Labute approximate surface area is 179 Å². The number of hydrogen-bond acceptors (Lipinski definition) is 3. The highest BCUT2D eigenvalue weighted by molar-refractivity contribution is 5.81. The summed E-state index contributed by atoms with van der Waals surface area (Å²) in [6.45, 7) is 3.26. The van der Waals surface area contributed by atoms with Crippen LogP contribution in [-0.2, 0) is 15.1 Å². The van der Waals surface area contributed by atoms with Crippen molar-refractivity contribution in [2.45, 2.75) is 56.7 Å². The molecule has 1 aromatic rings. The van der Waals surface area contributed by atoms with Gasteiger partial charge >= 0.3 is 5.97 Å². The largest absolute Gasteiger partial charge is 1.00 e. The van der Waals surface area contributed by atoms with Gasteiger partial charge in [-0.3, -0.25) is 0 Å². The summed E-state index contributed by atoms with van der Waals surface area (Å²) in [5.74, 6) is 0.00299. The van der Waals surface area contributed by atoms with E-state index in [9.17, 15) is 9.90 Å². The quantitative estimate of drug-likeness (QED) is 0.379. The molecule has 3 saturated heterocycles. The molecule has 5 heteroatoms. The van der Waals surface area contributed by atoms with Gasteiger partial charge in [-0.2, -0.15) is 0 Å². The summed E-state index contributed by atoms with van der Waals surface area (Å²) in [7, 11) is 2.26. The molecule has 4 aliphatic rings. The number of quaternary nitrogens is 1. The molecular weight excluding hydrogens is 452 g/mol. The number of ether oxygens (including phenoxy) is 1. The van der Waals surface area contributed by atoms with E-state index >= 15 is 0 Å². The molecule has 5 rings (SSSR count). The maximum Gasteiger partial charge on any atom is 0.343 e. The Morgan fingerprint density at radius 1 is 1.07 bits per heavy atom. The molecule has 150 valence electrons. The molecule has 3 heterocycles. The van der Waals surface area contributed by atoms with Crippen LogP contribution >= 0.6 is 0 Å². The van der Waals surface area contributed by atoms with E-state index in [-0.39, 0.29) is 36.0 Å². The molecule has 2 bridgehead atoms. The number of fused-ring (bicyclic) bond motifs is 3. The third kappa shape index (κ3) is 4.06. The van der Waals surface area contributed by atoms with E-state index in [0.29, 0.717) is 11.5 Å². The Bertz CT molecular complexity index is 638. The molecule has 27 heavy (non-hydrogen) atoms. The number of aliphatic hydroxyl groups is 1. The van der Waals surface area contributed by atoms with Crippen LogP contribution in [0.4, 0.5) is 0 Å². The van der Waals surface area contributed by atoms with Crippen molar-refractivity contribution in [3.8, 4) is 0 Å². The minimum atomic E-state index is -1.51. The van der Waals surface area contributed by atoms with Crippen LogP contribution in [0.25, 0.3) is 0 Å². The third-order valence-corrected chi connectivity index (χ3v) is 7.21. The highest BCUT2D eigenvalue weighted by Gasteiger charge is 2.51. The Morgan fingerprint density at radius 2 is 1.70 bits per heavy atom. The van der Waals surface area contributed by atoms with Gasteiger partial charge in [0.15, 0.2) is 11.7 Å². The van der Waals surface area contributed by atoms with Crippen molar-refractivity contribution in [3.63, 3.8) is 0 Å². The van der Waals surface area contributed by atoms with Crippen molar-refractivity contribution < 1.29 is 43.1 Å². The van der Waals surface area contributed by atoms with Crippen molar-refractivity contribution in [1.29, 1.82) is 0 Å². The zero-order chi connectivity index (χ0) is 18.2. The lowest BCUT2D eigenvalue weighted by atomic mass is 9.73. The van der Waals surface area contributed by atoms with Gasteiger partial charge in [-0.05, 0) is 18.4 Å². The Hall–Kier alpha value is -0.660. The normalized spacial score (nSPS) is 33.0. The fraction of sp³-hybridized carbons (Fsp3) is 0.682. The zero-order valence-corrected chi connectivity index (χ0v) is 18.4. The van der Waals surface area contributed by atoms with Crippen LogP contribution in [0.2, 0.25) is 0 Å². The summed E-state index contributed by atoms with van der Waals surface area (Å²) in [5, 5.41) is 11.7. The maximum atomic E-state index is 13.3. The fourth-order valence-corrected chi connectivity index (χ4v) is 5.44. The van der Waals surface area contributed by atoms with Gasteiger partial charge in [0, 0.05) is 24.7 Å². The third-order valence-electron chi connectivity index (χ3n) is 7.21. The number of piperidine rings is 3. The predicted octanol–water partition coefficient (Wildman–Crippen LogP) is 0.241. The lowest BCUT2D eigenvalue weighted by Crippen LogP contribution is -3.00. The number of halogens is 1. The molecule has 0 aromatic heterocycles. The molecule has 0 amide bonds. The molecule has 0 spiro atoms. The minimum Gasteiger partial charge on any atom is -1.00 e. The highest BCUT2D eigenvalue weighted by atomic mass is 127. The summed E-state index contributed by atoms with van der Waals surface area (Å²) >= 11 is 0. The summed E-state index contributed by atoms with van der Waals surface area (Å²) in [5.41, 5.74) is -0.815. The number of rotatable bonds is 4. The van der Waals surface area contributed by atoms with Gasteiger partial charge in [0.2, 0.25) is 0 Å². The van der Waals surface area contributed by atoms with Crippen LogP contribution in [-0.4, -0.2) is 48.3 Å². The summed E-state index contributed by atoms with van der Waals surface area (Å²) in [4.78, 5) is 13.3. The van der Waals surface area contributed by atoms with E-state index in [4.69, 9.17) is 4.74 Å². The van der Waals surface area contributed by atoms with E-state index in [0.717, 1.165) is 49.6 Å². The van der Waals surface area contributed by atoms with E-state index < -0.39 is 11.6 Å². The first-order valence-electron chi connectivity index (χ1n) is 10.3. The summed E-state index contributed by atoms with van der Waals surface area (Å²) in [6.07, 6.45) is 7.33. The molecule has 1 N–H and O–H groups in total. The van der Waals surface area contributed by atoms with Crippen LogP contribution in [0.15, 0.2) is 30.3 Å². The predicted molar refractivity (Wildman–Crippen MR) is 100 cm³/mol. The minimum absolute atomic E-state index is 0. The second-order valence-electron chi connectivity index (χ2n) is 9.00. The summed E-state index contributed by atoms with van der Waals surface area (Å²) in [6, 6.07) is 9.48. The zero-order valence-electron chi connectivity index (χ0n) is 16.3. The molecule has 4 fully saturated rings. The van der Waals surface area contributed by atoms with E-state index in [1.165, 1.54) is 19.5 Å². The van der Waals surface area contributed by atoms with Crippen molar-refractivity contribution >= 4 is 5.97 Å². The van der Waals surface area contributed by atoms with Crippen LogP contribution in [0, 0.1) is 11.8 Å². The molecule has 0 unspecified atom stereocenters. The van der Waals surface area contributed by atoms with Crippen molar-refractivity contribution in [2.75, 3.05) is 26.7 Å². The van der Waals surface area contributed by atoms with Crippen molar-refractivity contribution in [1.82, 2.24) is 0 Å². The smallest absolute Gasteiger partial charge is 0.343 e. The highest BCUT2D eigenvalue weighted by Crippen LogP contribution is 2.42. The molecule has 0 radical (unpaired) electrons. The van der Waals surface area contributed by atoms with E-state index in [1.54, 1.807) is 0 Å². The average Bonchev–Trinajstić information content (AvgIpc) is 2.69. The van der Waals surface area contributed by atoms with Crippen LogP contribution < -0.4 is 24.0 Å². The van der Waals surface area contributed by atoms with Crippen LogP contribution in [0.1, 0.15) is 50.5 Å². The monoisotopic (exact) mass is 484 g/mol. The van der Waals surface area contributed by atoms with E-state index in [1.807, 2.05) is 30.3 Å². The number of nitrogens with zero attached hydrogens (tertiary/aromatic N) is 1. The van der Waals surface area contributed by atoms with Gasteiger partial charge in [0.1, 0.15) is 6.54 Å². The topological polar surface area (TPSA) is 46.5 Å². The molecule has 3 aliphatic heterocycles. The Morgan fingerprint density at radius 3 is 2.30 bits per heavy atom. The first-order chi connectivity index (χ1) is 12.5. The molecule has 1 saturated carbocycles. The maximum absolute atomic E-state index is 13.3. The molecule has 4 nitrogen and oxygen atoms in total. The second-order valence-corrected chi connectivity index (χ2v) is 9.00. The number of likely N-dealkylation sites (N-methyl/N-ethyl adjacent to an activating group) is 1. The van der Waals surface area contributed by atoms with Gasteiger partial charge in [-0.25, -0.2) is 4.79 Å². The molecule has 1 aliphatic carbocycles. The first-order valence-corrected chi connectivity index (χ1v) is 10.3. The van der Waals surface area contributed by atoms with Crippen molar-refractivity contribution in [3.05, 3.63) is 35.9 Å². The average molecular weight is 484 g/mol. The van der Waals surface area contributed by atoms with Gasteiger partial charge in [0.05, 0.1) is 20.1 Å². The number of hydrogen-bond donors (Lipinski definition) is 1. The lowest BCUT2D eigenvalue weighted by molar-refractivity contribution is -0.928. The van der Waals surface area contributed by atoms with Gasteiger partial charge in [0.25, 0.3) is 0 Å². The second kappa shape index (κ2) is 8.37. The fourth-order valence-electron chi connectivity index (χ4n) is 5.44. The SMILES string of the molecule is [11CH3][N+]12CCC(CC1)[C@@H](OC(=O)[C@](O)(c1ccccc1)C1CCCCC1)C2.[I-]. The van der Waals surface area contributed by atoms with Gasteiger partial charge < -0.3 is 38.3 Å². The molecule has 1 aromatic carbocycles. The number of carbonyl (C=O) groups excluding carboxylic acids is 1. The Balaban J connectivity index is 0.00000210. The lowest BCUT2D eigenvalue weighted by Gasteiger charge is -2.50. The summed E-state index contributed by atoms with van der Waals surface area (Å²) < 4.78 is 7.06. The number of esters is 1. The van der Waals surface area contributed by atoms with Crippen LogP contribution in [0.5, 0.6) is 0 Å². The number of benzene rings is 1.